The SMILES string of the molecule is CC(C)c1c(N)on[n+]1N1C(C)CCCC1C. The number of anilines is 1. The van der Waals surface area contributed by atoms with E-state index in [0.717, 1.165) is 5.69 Å². The maximum Gasteiger partial charge on any atom is 0.310 e. The summed E-state index contributed by atoms with van der Waals surface area (Å²) in [5.41, 5.74) is 6.84. The molecule has 1 saturated heterocycles. The number of aromatic nitrogens is 2. The van der Waals surface area contributed by atoms with E-state index in [9.17, 15) is 0 Å². The lowest BCUT2D eigenvalue weighted by Crippen LogP contribution is -2.69. The molecule has 0 bridgehead atoms. The van der Waals surface area contributed by atoms with Crippen LogP contribution in [0.5, 0.6) is 0 Å². The van der Waals surface area contributed by atoms with Gasteiger partial charge in [0.05, 0.1) is 16.9 Å². The summed E-state index contributed by atoms with van der Waals surface area (Å²) in [6.07, 6.45) is 3.67. The first-order valence-corrected chi connectivity index (χ1v) is 6.48. The lowest BCUT2D eigenvalue weighted by atomic mass is 9.99. The van der Waals surface area contributed by atoms with E-state index in [4.69, 9.17) is 10.3 Å². The smallest absolute Gasteiger partial charge is 0.310 e. The Kier molecular flexibility index (Phi) is 3.26. The van der Waals surface area contributed by atoms with Gasteiger partial charge in [0.1, 0.15) is 0 Å². The average molecular weight is 239 g/mol. The Hall–Kier alpha value is -1.26. The molecule has 1 fully saturated rings. The van der Waals surface area contributed by atoms with E-state index in [2.05, 4.69) is 38.0 Å². The Balaban J connectivity index is 2.38. The van der Waals surface area contributed by atoms with Gasteiger partial charge in [0, 0.05) is 5.92 Å². The maximum absolute atomic E-state index is 5.86. The highest BCUT2D eigenvalue weighted by Crippen LogP contribution is 2.22. The molecule has 0 aromatic carbocycles. The minimum atomic E-state index is 0.308. The van der Waals surface area contributed by atoms with Crippen LogP contribution in [0.25, 0.3) is 0 Å². The van der Waals surface area contributed by atoms with Gasteiger partial charge in [-0.1, -0.05) is 13.8 Å². The third-order valence-corrected chi connectivity index (χ3v) is 3.60. The van der Waals surface area contributed by atoms with Gasteiger partial charge in [0.2, 0.25) is 5.27 Å². The number of nitrogen functional groups attached to an aromatic ring is 1. The summed E-state index contributed by atoms with van der Waals surface area (Å²) < 4.78 is 5.16. The first kappa shape index (κ1) is 12.2. The summed E-state index contributed by atoms with van der Waals surface area (Å²) in [6, 6.07) is 0.955. The van der Waals surface area contributed by atoms with Crippen LogP contribution < -0.4 is 15.5 Å². The van der Waals surface area contributed by atoms with Crippen molar-refractivity contribution < 1.29 is 9.31 Å². The van der Waals surface area contributed by atoms with Crippen molar-refractivity contribution in [2.45, 2.75) is 65.0 Å². The Morgan fingerprint density at radius 1 is 1.35 bits per heavy atom. The van der Waals surface area contributed by atoms with Crippen LogP contribution in [0.15, 0.2) is 4.52 Å². The Labute approximate surface area is 103 Å². The van der Waals surface area contributed by atoms with Crippen molar-refractivity contribution in [1.29, 1.82) is 0 Å². The molecule has 1 aliphatic rings. The van der Waals surface area contributed by atoms with Crippen LogP contribution in [0.4, 0.5) is 5.88 Å². The number of rotatable bonds is 2. The minimum absolute atomic E-state index is 0.308. The molecule has 0 aliphatic carbocycles. The molecular formula is C12H23N4O+. The zero-order chi connectivity index (χ0) is 12.6. The van der Waals surface area contributed by atoms with Gasteiger partial charge in [-0.15, -0.1) is 5.01 Å². The third kappa shape index (κ3) is 2.10. The van der Waals surface area contributed by atoms with Crippen LogP contribution in [0.1, 0.15) is 58.6 Å². The van der Waals surface area contributed by atoms with Crippen molar-refractivity contribution in [2.24, 2.45) is 0 Å². The van der Waals surface area contributed by atoms with Crippen molar-refractivity contribution >= 4 is 5.88 Å². The van der Waals surface area contributed by atoms with E-state index in [1.807, 2.05) is 4.79 Å². The molecule has 2 rings (SSSR count). The largest absolute Gasteiger partial charge is 0.362 e. The number of nitrogens with zero attached hydrogens (tertiary/aromatic N) is 3. The van der Waals surface area contributed by atoms with E-state index < -0.39 is 0 Å². The Morgan fingerprint density at radius 3 is 2.47 bits per heavy atom. The molecule has 1 aromatic rings. The van der Waals surface area contributed by atoms with Crippen molar-refractivity contribution in [3.8, 4) is 0 Å². The predicted octanol–water partition coefficient (Wildman–Crippen LogP) is 1.57. The van der Waals surface area contributed by atoms with E-state index in [1.54, 1.807) is 0 Å². The normalized spacial score (nSPS) is 25.6. The van der Waals surface area contributed by atoms with Gasteiger partial charge in [0.15, 0.2) is 0 Å². The molecule has 0 saturated carbocycles. The fourth-order valence-corrected chi connectivity index (χ4v) is 2.74. The lowest BCUT2D eigenvalue weighted by molar-refractivity contribution is -0.772. The van der Waals surface area contributed by atoms with Crippen LogP contribution in [0.2, 0.25) is 0 Å². The molecule has 5 heteroatoms. The highest BCUT2D eigenvalue weighted by atomic mass is 16.5. The molecule has 2 heterocycles. The van der Waals surface area contributed by atoms with E-state index >= 15 is 0 Å². The second kappa shape index (κ2) is 4.55. The summed E-state index contributed by atoms with van der Waals surface area (Å²) in [5, 5.41) is 6.39. The molecule has 2 N–H and O–H groups in total. The predicted molar refractivity (Wildman–Crippen MR) is 66.2 cm³/mol. The summed E-state index contributed by atoms with van der Waals surface area (Å²) in [6.45, 7) is 8.69. The van der Waals surface area contributed by atoms with Gasteiger partial charge in [-0.05, 0) is 33.1 Å². The van der Waals surface area contributed by atoms with E-state index in [0.29, 0.717) is 23.9 Å². The first-order chi connectivity index (χ1) is 8.02. The summed E-state index contributed by atoms with van der Waals surface area (Å²) in [4.78, 5) is 1.88. The molecule has 0 radical (unpaired) electrons. The van der Waals surface area contributed by atoms with Crippen LogP contribution in [-0.4, -0.2) is 17.4 Å². The topological polar surface area (TPSA) is 59.2 Å². The summed E-state index contributed by atoms with van der Waals surface area (Å²) in [7, 11) is 0. The van der Waals surface area contributed by atoms with Gasteiger partial charge < -0.3 is 5.73 Å². The van der Waals surface area contributed by atoms with Crippen molar-refractivity contribution in [1.82, 2.24) is 5.27 Å². The highest BCUT2D eigenvalue weighted by Gasteiger charge is 2.38. The third-order valence-electron chi connectivity index (χ3n) is 3.60. The summed E-state index contributed by atoms with van der Waals surface area (Å²) >= 11 is 0. The van der Waals surface area contributed by atoms with Crippen molar-refractivity contribution in [3.05, 3.63) is 5.69 Å². The Morgan fingerprint density at radius 2 is 1.94 bits per heavy atom. The van der Waals surface area contributed by atoms with Gasteiger partial charge in [-0.3, -0.25) is 4.52 Å². The van der Waals surface area contributed by atoms with E-state index in [-0.39, 0.29) is 0 Å². The number of hydrogen-bond donors (Lipinski definition) is 1. The molecule has 5 nitrogen and oxygen atoms in total. The van der Waals surface area contributed by atoms with Crippen LogP contribution >= 0.6 is 0 Å². The van der Waals surface area contributed by atoms with Crippen molar-refractivity contribution in [2.75, 3.05) is 10.7 Å². The maximum atomic E-state index is 5.86. The molecular weight excluding hydrogens is 216 g/mol. The second-order valence-electron chi connectivity index (χ2n) is 5.38. The fourth-order valence-electron chi connectivity index (χ4n) is 2.74. The first-order valence-electron chi connectivity index (χ1n) is 6.48. The molecule has 0 spiro atoms. The molecule has 1 aromatic heterocycles. The average Bonchev–Trinajstić information content (AvgIpc) is 2.60. The van der Waals surface area contributed by atoms with Crippen LogP contribution in [-0.2, 0) is 0 Å². The molecule has 1 aliphatic heterocycles. The van der Waals surface area contributed by atoms with Gasteiger partial charge in [0.25, 0.3) is 5.88 Å². The molecule has 0 amide bonds. The number of piperidine rings is 1. The van der Waals surface area contributed by atoms with E-state index in [1.165, 1.54) is 19.3 Å². The molecule has 2 unspecified atom stereocenters. The lowest BCUT2D eigenvalue weighted by Gasteiger charge is -2.32. The highest BCUT2D eigenvalue weighted by molar-refractivity contribution is 5.27. The van der Waals surface area contributed by atoms with Gasteiger partial charge >= 0.3 is 5.69 Å². The quantitative estimate of drug-likeness (QED) is 0.796. The standard InChI is InChI=1S/C12H23N4O/c1-8(2)11-12(13)17-14-16(11)15-9(3)6-5-7-10(15)4/h8-10H,5-7,13H2,1-4H3/q+1. The fraction of sp³-hybridized carbons (Fsp3) is 0.833. The zero-order valence-corrected chi connectivity index (χ0v) is 11.2. The Bertz CT molecular complexity index is 378. The van der Waals surface area contributed by atoms with Gasteiger partial charge in [-0.2, -0.15) is 0 Å². The van der Waals surface area contributed by atoms with Crippen LogP contribution in [0.3, 0.4) is 0 Å². The zero-order valence-electron chi connectivity index (χ0n) is 11.2. The minimum Gasteiger partial charge on any atom is -0.362 e. The van der Waals surface area contributed by atoms with Crippen LogP contribution in [0, 0.1) is 0 Å². The van der Waals surface area contributed by atoms with Gasteiger partial charge in [-0.25, -0.2) is 0 Å². The second-order valence-corrected chi connectivity index (χ2v) is 5.38. The summed E-state index contributed by atoms with van der Waals surface area (Å²) in [5.74, 6) is 0.743. The molecule has 96 valence electrons. The number of nitrogens with two attached hydrogens (primary N) is 1. The monoisotopic (exact) mass is 239 g/mol. The molecule has 2 atom stereocenters. The number of hydrogen-bond acceptors (Lipinski definition) is 4. The molecule has 17 heavy (non-hydrogen) atoms. The van der Waals surface area contributed by atoms with Crippen molar-refractivity contribution in [3.63, 3.8) is 0 Å².